The first-order valence-electron chi connectivity index (χ1n) is 8.30. The molecule has 132 valence electrons. The highest BCUT2D eigenvalue weighted by atomic mass is 35.5. The summed E-state index contributed by atoms with van der Waals surface area (Å²) in [6, 6.07) is 23.1. The minimum atomic E-state index is -0.249. The van der Waals surface area contributed by atoms with Crippen LogP contribution in [0.2, 0.25) is 5.02 Å². The van der Waals surface area contributed by atoms with Gasteiger partial charge in [0.2, 0.25) is 5.91 Å². The molecule has 1 N–H and O–H groups in total. The third-order valence-corrected chi connectivity index (χ3v) is 5.09. The molecule has 0 radical (unpaired) electrons. The van der Waals surface area contributed by atoms with E-state index in [0.29, 0.717) is 5.75 Å². The molecule has 1 amide bonds. The maximum atomic E-state index is 12.5. The maximum Gasteiger partial charge on any atom is 0.230 e. The van der Waals surface area contributed by atoms with Crippen molar-refractivity contribution in [3.8, 4) is 0 Å². The summed E-state index contributed by atoms with van der Waals surface area (Å²) in [6.45, 7) is 0. The first-order valence-corrected chi connectivity index (χ1v) is 9.83. The minimum absolute atomic E-state index is 0.0107. The summed E-state index contributed by atoms with van der Waals surface area (Å²) in [4.78, 5) is 16.9. The smallest absolute Gasteiger partial charge is 0.230 e. The molecule has 0 saturated heterocycles. The van der Waals surface area contributed by atoms with E-state index in [1.165, 1.54) is 0 Å². The van der Waals surface area contributed by atoms with Crippen LogP contribution in [-0.2, 0) is 10.5 Å². The summed E-state index contributed by atoms with van der Waals surface area (Å²) in [7, 11) is 0. The number of amides is 1. The summed E-state index contributed by atoms with van der Waals surface area (Å²) in [6.07, 6.45) is 1.74. The first kappa shape index (κ1) is 18.5. The highest BCUT2D eigenvalue weighted by molar-refractivity contribution is 7.99. The maximum absolute atomic E-state index is 12.5. The number of nitrogens with zero attached hydrogens (tertiary/aromatic N) is 1. The van der Waals surface area contributed by atoms with Gasteiger partial charge in [0.1, 0.15) is 0 Å². The molecule has 0 aliphatic carbocycles. The lowest BCUT2D eigenvalue weighted by Crippen LogP contribution is -2.31. The lowest BCUT2D eigenvalue weighted by atomic mass is 10.0. The highest BCUT2D eigenvalue weighted by Gasteiger charge is 2.17. The Morgan fingerprint density at radius 3 is 2.42 bits per heavy atom. The predicted molar refractivity (Wildman–Crippen MR) is 108 cm³/mol. The van der Waals surface area contributed by atoms with Crippen molar-refractivity contribution in [3.63, 3.8) is 0 Å². The topological polar surface area (TPSA) is 42.0 Å². The second-order valence-corrected chi connectivity index (χ2v) is 7.21. The van der Waals surface area contributed by atoms with E-state index in [0.717, 1.165) is 27.6 Å². The Hall–Kier alpha value is -2.30. The van der Waals surface area contributed by atoms with Crippen LogP contribution in [0.15, 0.2) is 79.0 Å². The molecule has 1 heterocycles. The number of hydrogen-bond donors (Lipinski definition) is 1. The van der Waals surface area contributed by atoms with Crippen molar-refractivity contribution >= 4 is 29.3 Å². The summed E-state index contributed by atoms with van der Waals surface area (Å²) in [5.41, 5.74) is 2.99. The number of nitrogens with one attached hydrogen (secondary N) is 1. The molecule has 0 saturated carbocycles. The van der Waals surface area contributed by atoms with E-state index in [2.05, 4.69) is 10.3 Å². The number of rotatable bonds is 7. The zero-order valence-corrected chi connectivity index (χ0v) is 15.7. The van der Waals surface area contributed by atoms with E-state index in [-0.39, 0.29) is 11.9 Å². The molecule has 1 unspecified atom stereocenters. The largest absolute Gasteiger partial charge is 0.343 e. The van der Waals surface area contributed by atoms with E-state index in [9.17, 15) is 4.79 Å². The monoisotopic (exact) mass is 382 g/mol. The Labute approximate surface area is 162 Å². The van der Waals surface area contributed by atoms with E-state index in [1.54, 1.807) is 18.0 Å². The Kier molecular flexibility index (Phi) is 6.69. The molecule has 3 rings (SSSR count). The van der Waals surface area contributed by atoms with Gasteiger partial charge in [0.25, 0.3) is 0 Å². The molecule has 0 bridgehead atoms. The van der Waals surface area contributed by atoms with Gasteiger partial charge in [0.05, 0.1) is 17.5 Å². The second kappa shape index (κ2) is 9.41. The number of pyridine rings is 1. The molecule has 0 spiro atoms. The molecule has 5 heteroatoms. The van der Waals surface area contributed by atoms with Gasteiger partial charge < -0.3 is 5.32 Å². The van der Waals surface area contributed by atoms with E-state index >= 15 is 0 Å². The summed E-state index contributed by atoms with van der Waals surface area (Å²) in [5.74, 6) is 1.15. The Morgan fingerprint density at radius 1 is 1.00 bits per heavy atom. The van der Waals surface area contributed by atoms with Gasteiger partial charge in [-0.3, -0.25) is 9.78 Å². The van der Waals surface area contributed by atoms with Gasteiger partial charge in [-0.2, -0.15) is 0 Å². The fourth-order valence-electron chi connectivity index (χ4n) is 2.57. The Balaban J connectivity index is 1.61. The van der Waals surface area contributed by atoms with Crippen molar-refractivity contribution in [2.24, 2.45) is 0 Å². The first-order chi connectivity index (χ1) is 12.7. The Morgan fingerprint density at radius 2 is 1.73 bits per heavy atom. The van der Waals surface area contributed by atoms with Gasteiger partial charge in [-0.05, 0) is 35.4 Å². The van der Waals surface area contributed by atoms with Crippen LogP contribution in [0.4, 0.5) is 0 Å². The SMILES string of the molecule is O=C(CSCc1ccc(Cl)cc1)NC(c1ccccc1)c1ccccn1. The van der Waals surface area contributed by atoms with Gasteiger partial charge in [0, 0.05) is 17.0 Å². The van der Waals surface area contributed by atoms with Crippen LogP contribution < -0.4 is 5.32 Å². The molecule has 1 aromatic heterocycles. The molecule has 3 nitrogen and oxygen atoms in total. The molecule has 1 atom stereocenters. The van der Waals surface area contributed by atoms with Crippen molar-refractivity contribution in [3.05, 3.63) is 101 Å². The fraction of sp³-hybridized carbons (Fsp3) is 0.143. The molecule has 26 heavy (non-hydrogen) atoms. The predicted octanol–water partition coefficient (Wildman–Crippen LogP) is 4.87. The number of carbonyl (C=O) groups is 1. The summed E-state index contributed by atoms with van der Waals surface area (Å²) < 4.78 is 0. The summed E-state index contributed by atoms with van der Waals surface area (Å²) in [5, 5.41) is 3.82. The zero-order valence-electron chi connectivity index (χ0n) is 14.1. The van der Waals surface area contributed by atoms with Crippen molar-refractivity contribution in [1.29, 1.82) is 0 Å². The average Bonchev–Trinajstić information content (AvgIpc) is 2.69. The molecular formula is C21H19ClN2OS. The third-order valence-electron chi connectivity index (χ3n) is 3.84. The molecule has 0 aliphatic heterocycles. The zero-order chi connectivity index (χ0) is 18.2. The van der Waals surface area contributed by atoms with Gasteiger partial charge in [0.15, 0.2) is 0 Å². The highest BCUT2D eigenvalue weighted by Crippen LogP contribution is 2.21. The summed E-state index contributed by atoms with van der Waals surface area (Å²) >= 11 is 7.47. The number of aromatic nitrogens is 1. The normalized spacial score (nSPS) is 11.7. The van der Waals surface area contributed by atoms with Crippen LogP contribution >= 0.6 is 23.4 Å². The van der Waals surface area contributed by atoms with Crippen LogP contribution in [0.5, 0.6) is 0 Å². The molecular weight excluding hydrogens is 364 g/mol. The van der Waals surface area contributed by atoms with E-state index in [4.69, 9.17) is 11.6 Å². The van der Waals surface area contributed by atoms with Crippen LogP contribution in [0, 0.1) is 0 Å². The number of benzene rings is 2. The van der Waals surface area contributed by atoms with E-state index < -0.39 is 0 Å². The number of hydrogen-bond acceptors (Lipinski definition) is 3. The molecule has 3 aromatic rings. The van der Waals surface area contributed by atoms with Crippen LogP contribution in [0.25, 0.3) is 0 Å². The Bertz CT molecular complexity index is 786. The average molecular weight is 383 g/mol. The quantitative estimate of drug-likeness (QED) is 0.633. The fourth-order valence-corrected chi connectivity index (χ4v) is 3.49. The van der Waals surface area contributed by atoms with Crippen LogP contribution in [0.3, 0.4) is 0 Å². The lowest BCUT2D eigenvalue weighted by Gasteiger charge is -2.18. The van der Waals surface area contributed by atoms with Crippen molar-refractivity contribution in [1.82, 2.24) is 10.3 Å². The van der Waals surface area contributed by atoms with Gasteiger partial charge in [-0.25, -0.2) is 0 Å². The van der Waals surface area contributed by atoms with Crippen molar-refractivity contribution < 1.29 is 4.79 Å². The number of thioether (sulfide) groups is 1. The van der Waals surface area contributed by atoms with Crippen molar-refractivity contribution in [2.75, 3.05) is 5.75 Å². The van der Waals surface area contributed by atoms with Gasteiger partial charge in [-0.1, -0.05) is 60.1 Å². The standard InChI is InChI=1S/C21H19ClN2OS/c22-18-11-9-16(10-12-18)14-26-15-20(25)24-21(17-6-2-1-3-7-17)19-8-4-5-13-23-19/h1-13,21H,14-15H2,(H,24,25). The second-order valence-electron chi connectivity index (χ2n) is 5.79. The lowest BCUT2D eigenvalue weighted by molar-refractivity contribution is -0.119. The minimum Gasteiger partial charge on any atom is -0.343 e. The molecule has 2 aromatic carbocycles. The van der Waals surface area contributed by atoms with Crippen LogP contribution in [0.1, 0.15) is 22.9 Å². The molecule has 0 aliphatic rings. The van der Waals surface area contributed by atoms with Crippen LogP contribution in [-0.4, -0.2) is 16.6 Å². The number of halogens is 1. The number of carbonyl (C=O) groups excluding carboxylic acids is 1. The van der Waals surface area contributed by atoms with Gasteiger partial charge >= 0.3 is 0 Å². The van der Waals surface area contributed by atoms with Gasteiger partial charge in [-0.15, -0.1) is 11.8 Å². The third kappa shape index (κ3) is 5.35. The van der Waals surface area contributed by atoms with E-state index in [1.807, 2.05) is 72.8 Å². The molecule has 0 fully saturated rings. The van der Waals surface area contributed by atoms with Crippen molar-refractivity contribution in [2.45, 2.75) is 11.8 Å².